The molecule has 5 nitrogen and oxygen atoms in total. The molecule has 1 atom stereocenters. The van der Waals surface area contributed by atoms with Gasteiger partial charge in [0, 0.05) is 25.3 Å². The summed E-state index contributed by atoms with van der Waals surface area (Å²) in [6.45, 7) is 9.90. The Morgan fingerprint density at radius 3 is 2.50 bits per heavy atom. The molecule has 0 unspecified atom stereocenters. The van der Waals surface area contributed by atoms with Gasteiger partial charge in [0.25, 0.3) is 5.91 Å². The Hall–Kier alpha value is -2.53. The van der Waals surface area contributed by atoms with Crippen molar-refractivity contribution in [3.63, 3.8) is 0 Å². The molecule has 1 aliphatic rings. The van der Waals surface area contributed by atoms with E-state index >= 15 is 0 Å². The van der Waals surface area contributed by atoms with Gasteiger partial charge in [0.05, 0.1) is 13.2 Å². The first-order valence-corrected chi connectivity index (χ1v) is 10.00. The Balaban J connectivity index is 1.54. The number of nitrogens with zero attached hydrogens (tertiary/aromatic N) is 1. The third kappa shape index (κ3) is 5.26. The maximum Gasteiger partial charge on any atom is 0.261 e. The van der Waals surface area contributed by atoms with Crippen molar-refractivity contribution >= 4 is 11.6 Å². The van der Waals surface area contributed by atoms with Gasteiger partial charge in [0.15, 0.2) is 6.10 Å². The van der Waals surface area contributed by atoms with E-state index in [-0.39, 0.29) is 5.91 Å². The van der Waals surface area contributed by atoms with Crippen LogP contribution < -0.4 is 15.0 Å². The predicted octanol–water partition coefficient (Wildman–Crippen LogP) is 3.61. The summed E-state index contributed by atoms with van der Waals surface area (Å²) in [5, 5.41) is 3.00. The van der Waals surface area contributed by atoms with Crippen molar-refractivity contribution < 1.29 is 14.3 Å². The minimum absolute atomic E-state index is 0.0836. The van der Waals surface area contributed by atoms with Crippen LogP contribution in [0.5, 0.6) is 5.75 Å². The van der Waals surface area contributed by atoms with Crippen LogP contribution in [0.3, 0.4) is 0 Å². The summed E-state index contributed by atoms with van der Waals surface area (Å²) in [4.78, 5) is 14.9. The van der Waals surface area contributed by atoms with Gasteiger partial charge in [0.1, 0.15) is 5.75 Å². The molecule has 1 N–H and O–H groups in total. The average Bonchev–Trinajstić information content (AvgIpc) is 2.72. The lowest BCUT2D eigenvalue weighted by Crippen LogP contribution is -2.37. The van der Waals surface area contributed by atoms with Crippen LogP contribution in [0, 0.1) is 13.8 Å². The minimum Gasteiger partial charge on any atom is -0.480 e. The van der Waals surface area contributed by atoms with Crippen LogP contribution in [0.2, 0.25) is 0 Å². The molecule has 5 heteroatoms. The van der Waals surface area contributed by atoms with Crippen molar-refractivity contribution in [2.24, 2.45) is 0 Å². The zero-order valence-corrected chi connectivity index (χ0v) is 17.0. The summed E-state index contributed by atoms with van der Waals surface area (Å²) in [6, 6.07) is 14.4. The molecule has 2 aromatic rings. The Bertz CT molecular complexity index is 783. The smallest absolute Gasteiger partial charge is 0.261 e. The number of hydrogen-bond acceptors (Lipinski definition) is 4. The zero-order valence-electron chi connectivity index (χ0n) is 17.0. The van der Waals surface area contributed by atoms with Gasteiger partial charge in [-0.3, -0.25) is 4.79 Å². The maximum atomic E-state index is 12.6. The van der Waals surface area contributed by atoms with E-state index in [0.29, 0.717) is 13.0 Å². The van der Waals surface area contributed by atoms with Crippen molar-refractivity contribution in [1.82, 2.24) is 5.32 Å². The third-order valence-electron chi connectivity index (χ3n) is 5.04. The quantitative estimate of drug-likeness (QED) is 0.795. The molecule has 1 saturated heterocycles. The molecule has 0 aromatic heterocycles. The normalized spacial score (nSPS) is 15.2. The standard InChI is InChI=1S/C23H30N2O3/c1-4-21(28-22-10-5-17(2)15-18(22)3)23(26)24-16-19-6-8-20(9-7-19)25-11-13-27-14-12-25/h5-10,15,21H,4,11-14,16H2,1-3H3,(H,24,26)/t21-/m1/s1. The molecule has 1 heterocycles. The second-order valence-corrected chi connectivity index (χ2v) is 7.27. The molecule has 0 saturated carbocycles. The fraction of sp³-hybridized carbons (Fsp3) is 0.435. The van der Waals surface area contributed by atoms with Gasteiger partial charge < -0.3 is 19.7 Å². The molecule has 1 amide bonds. The van der Waals surface area contributed by atoms with Crippen LogP contribution in [-0.2, 0) is 16.1 Å². The highest BCUT2D eigenvalue weighted by atomic mass is 16.5. The van der Waals surface area contributed by atoms with Crippen molar-refractivity contribution in [1.29, 1.82) is 0 Å². The summed E-state index contributed by atoms with van der Waals surface area (Å²) in [5.41, 5.74) is 4.50. The topological polar surface area (TPSA) is 50.8 Å². The van der Waals surface area contributed by atoms with E-state index in [1.807, 2.05) is 32.9 Å². The molecule has 0 spiro atoms. The first-order valence-electron chi connectivity index (χ1n) is 10.00. The summed E-state index contributed by atoms with van der Waals surface area (Å²) in [5.74, 6) is 0.683. The van der Waals surface area contributed by atoms with Gasteiger partial charge in [0.2, 0.25) is 0 Å². The summed E-state index contributed by atoms with van der Waals surface area (Å²) < 4.78 is 11.4. The van der Waals surface area contributed by atoms with Gasteiger partial charge in [-0.05, 0) is 49.6 Å². The molecule has 0 bridgehead atoms. The van der Waals surface area contributed by atoms with Crippen molar-refractivity contribution in [3.8, 4) is 5.75 Å². The van der Waals surface area contributed by atoms with E-state index in [2.05, 4.69) is 40.5 Å². The third-order valence-corrected chi connectivity index (χ3v) is 5.04. The van der Waals surface area contributed by atoms with Crippen LogP contribution in [0.25, 0.3) is 0 Å². The van der Waals surface area contributed by atoms with Gasteiger partial charge in [-0.25, -0.2) is 0 Å². The number of hydrogen-bond donors (Lipinski definition) is 1. The monoisotopic (exact) mass is 382 g/mol. The number of ether oxygens (including phenoxy) is 2. The molecular formula is C23H30N2O3. The Labute approximate surface area is 167 Å². The molecule has 28 heavy (non-hydrogen) atoms. The van der Waals surface area contributed by atoms with Gasteiger partial charge in [-0.1, -0.05) is 36.8 Å². The molecular weight excluding hydrogens is 352 g/mol. The number of benzene rings is 2. The van der Waals surface area contributed by atoms with Crippen LogP contribution >= 0.6 is 0 Å². The number of carbonyl (C=O) groups is 1. The van der Waals surface area contributed by atoms with E-state index in [9.17, 15) is 4.79 Å². The lowest BCUT2D eigenvalue weighted by atomic mass is 10.1. The lowest BCUT2D eigenvalue weighted by molar-refractivity contribution is -0.128. The van der Waals surface area contributed by atoms with E-state index in [1.54, 1.807) is 0 Å². The number of aryl methyl sites for hydroxylation is 2. The van der Waals surface area contributed by atoms with Crippen LogP contribution in [0.4, 0.5) is 5.69 Å². The van der Waals surface area contributed by atoms with Crippen LogP contribution in [0.1, 0.15) is 30.0 Å². The number of nitrogens with one attached hydrogen (secondary N) is 1. The van der Waals surface area contributed by atoms with Crippen LogP contribution in [-0.4, -0.2) is 38.3 Å². The number of amides is 1. The zero-order chi connectivity index (χ0) is 19.9. The van der Waals surface area contributed by atoms with Gasteiger partial charge in [-0.2, -0.15) is 0 Å². The first-order chi connectivity index (χ1) is 13.6. The van der Waals surface area contributed by atoms with Gasteiger partial charge >= 0.3 is 0 Å². The predicted molar refractivity (Wildman–Crippen MR) is 112 cm³/mol. The highest BCUT2D eigenvalue weighted by molar-refractivity contribution is 5.81. The number of rotatable bonds is 7. The van der Waals surface area contributed by atoms with Crippen molar-refractivity contribution in [2.75, 3.05) is 31.2 Å². The van der Waals surface area contributed by atoms with E-state index in [1.165, 1.54) is 11.3 Å². The second-order valence-electron chi connectivity index (χ2n) is 7.27. The maximum absolute atomic E-state index is 12.6. The summed E-state index contributed by atoms with van der Waals surface area (Å²) in [6.07, 6.45) is 0.129. The lowest BCUT2D eigenvalue weighted by Gasteiger charge is -2.29. The Morgan fingerprint density at radius 2 is 1.86 bits per heavy atom. The summed E-state index contributed by atoms with van der Waals surface area (Å²) >= 11 is 0. The molecule has 3 rings (SSSR count). The van der Waals surface area contributed by atoms with E-state index < -0.39 is 6.10 Å². The number of anilines is 1. The fourth-order valence-electron chi connectivity index (χ4n) is 3.36. The molecule has 0 aliphatic carbocycles. The second kappa shape index (κ2) is 9.60. The van der Waals surface area contributed by atoms with Gasteiger partial charge in [-0.15, -0.1) is 0 Å². The minimum atomic E-state index is -0.492. The molecule has 0 radical (unpaired) electrons. The fourth-order valence-corrected chi connectivity index (χ4v) is 3.36. The highest BCUT2D eigenvalue weighted by Crippen LogP contribution is 2.21. The average molecular weight is 383 g/mol. The SMILES string of the molecule is CC[C@@H](Oc1ccc(C)cc1C)C(=O)NCc1ccc(N2CCOCC2)cc1. The van der Waals surface area contributed by atoms with E-state index in [4.69, 9.17) is 9.47 Å². The largest absolute Gasteiger partial charge is 0.480 e. The summed E-state index contributed by atoms with van der Waals surface area (Å²) in [7, 11) is 0. The first kappa shape index (κ1) is 20.2. The highest BCUT2D eigenvalue weighted by Gasteiger charge is 2.19. The Morgan fingerprint density at radius 1 is 1.14 bits per heavy atom. The van der Waals surface area contributed by atoms with Crippen molar-refractivity contribution in [3.05, 3.63) is 59.2 Å². The molecule has 1 aliphatic heterocycles. The molecule has 1 fully saturated rings. The van der Waals surface area contributed by atoms with E-state index in [0.717, 1.165) is 43.2 Å². The number of carbonyl (C=O) groups excluding carboxylic acids is 1. The molecule has 150 valence electrons. The van der Waals surface area contributed by atoms with Crippen molar-refractivity contribution in [2.45, 2.75) is 39.8 Å². The number of morpholine rings is 1. The molecule has 2 aromatic carbocycles. The van der Waals surface area contributed by atoms with Crippen LogP contribution in [0.15, 0.2) is 42.5 Å². The Kier molecular flexibility index (Phi) is 6.93.